The number of para-hydroxylation sites is 3. The van der Waals surface area contributed by atoms with Gasteiger partial charge in [0, 0.05) is 79.5 Å². The molecule has 0 saturated carbocycles. The average Bonchev–Trinajstić information content (AvgIpc) is 3.59. The maximum Gasteiger partial charge on any atom is 0.407 e. The Morgan fingerprint density at radius 1 is 0.476 bits per heavy atom. The summed E-state index contributed by atoms with van der Waals surface area (Å²) in [6, 6.07) is 81.4. The molecule has 4 atom stereocenters. The Morgan fingerprint density at radius 2 is 0.878 bits per heavy atom. The molecule has 2 saturated heterocycles. The molecule has 2 unspecified atom stereocenters. The highest BCUT2D eigenvalue weighted by Crippen LogP contribution is 2.31. The number of hydrogen-bond acceptors (Lipinski definition) is 6. The van der Waals surface area contributed by atoms with Crippen molar-refractivity contribution in [1.82, 2.24) is 20.0 Å². The van der Waals surface area contributed by atoms with Gasteiger partial charge in [-0.2, -0.15) is 0 Å². The smallest absolute Gasteiger partial charge is 0.407 e. The predicted octanol–water partition coefficient (Wildman–Crippen LogP) is 14.7. The summed E-state index contributed by atoms with van der Waals surface area (Å²) >= 11 is 0. The zero-order chi connectivity index (χ0) is 56.6. The Balaban J connectivity index is 0.000000198. The molecule has 3 N–H and O–H groups in total. The molecule has 0 aromatic heterocycles. The summed E-state index contributed by atoms with van der Waals surface area (Å²) in [4.78, 5) is 50.1. The van der Waals surface area contributed by atoms with Crippen LogP contribution in [0.3, 0.4) is 0 Å². The number of carbonyl (C=O) groups is 3. The molecular formula is C71H79N7O4. The van der Waals surface area contributed by atoms with Crippen LogP contribution < -0.4 is 20.4 Å². The molecular weight excluding hydrogens is 1010 g/mol. The summed E-state index contributed by atoms with van der Waals surface area (Å²) < 4.78 is 0. The summed E-state index contributed by atoms with van der Waals surface area (Å²) in [6.07, 6.45) is 5.97. The second-order valence-electron chi connectivity index (χ2n) is 21.7. The topological polar surface area (TPSA) is 112 Å². The van der Waals surface area contributed by atoms with E-state index >= 15 is 0 Å². The number of urea groups is 1. The van der Waals surface area contributed by atoms with Crippen LogP contribution in [0.1, 0.15) is 84.0 Å². The molecule has 0 aliphatic carbocycles. The Morgan fingerprint density at radius 3 is 1.34 bits per heavy atom. The Bertz CT molecular complexity index is 3030. The maximum atomic E-state index is 13.7. The number of piperidine rings is 2. The third kappa shape index (κ3) is 17.6. The second kappa shape index (κ2) is 31.0. The number of rotatable bonds is 22. The fourth-order valence-electron chi connectivity index (χ4n) is 11.7. The molecule has 10 rings (SSSR count). The van der Waals surface area contributed by atoms with E-state index in [0.29, 0.717) is 25.4 Å². The van der Waals surface area contributed by atoms with Crippen molar-refractivity contribution in [2.45, 2.75) is 102 Å². The number of nitrogens with one attached hydrogen (secondary N) is 2. The number of nitrogens with zero attached hydrogens (tertiary/aromatic N) is 5. The van der Waals surface area contributed by atoms with Crippen molar-refractivity contribution in [2.75, 3.05) is 41.3 Å². The van der Waals surface area contributed by atoms with Gasteiger partial charge in [-0.25, -0.2) is 9.59 Å². The molecule has 2 aliphatic rings. The van der Waals surface area contributed by atoms with Gasteiger partial charge in [-0.3, -0.25) is 19.5 Å². The first-order valence-corrected chi connectivity index (χ1v) is 29.3. The molecule has 0 bridgehead atoms. The first-order chi connectivity index (χ1) is 40.3. The standard InChI is InChI=1S/C36H40N4O3.C35H39N3O/c41-35(37-31-18-9-3-10-19-31)40(32-20-11-4-12-21-32)34-23-25-39(36(42)43)33(26-34)22-13-24-38(27-29-14-5-1-6-15-29)28-30-16-7-2-8-17-30;39-35(31-18-9-3-10-19-31)38(33-21-11-4-12-22-33)34-23-24-36-32(26-34)20-13-25-37(27-29-14-5-1-6-15-29)28-30-16-7-2-8-17-30/h1-12,14-21,33-34H,13,22-28H2,(H,37,41)(H,42,43);1-12,14-19,21-22,32,34,36H,13,20,23-28H2/t33-,34-;/m0./s1. The van der Waals surface area contributed by atoms with Gasteiger partial charge in [-0.05, 0) is 142 Å². The summed E-state index contributed by atoms with van der Waals surface area (Å²) in [5.74, 6) is 0.0874. The SMILES string of the molecule is O=C(O)N1CC[C@H](N(C(=O)Nc2ccccc2)c2ccccc2)C[C@@H]1CCCN(Cc1ccccc1)Cc1ccccc1.O=C(c1ccccc1)N(c1ccccc1)C1CCNC(CCCN(Cc2ccccc2)Cc2ccccc2)C1. The molecule has 4 amide bonds. The van der Waals surface area contributed by atoms with Crippen LogP contribution in [-0.2, 0) is 26.2 Å². The van der Waals surface area contributed by atoms with Crippen LogP contribution in [0.4, 0.5) is 26.7 Å². The van der Waals surface area contributed by atoms with E-state index in [0.717, 1.165) is 107 Å². The number of carboxylic acid groups (broad SMARTS) is 1. The Labute approximate surface area is 485 Å². The number of anilines is 3. The van der Waals surface area contributed by atoms with Crippen LogP contribution in [0.5, 0.6) is 0 Å². The highest BCUT2D eigenvalue weighted by atomic mass is 16.4. The highest BCUT2D eigenvalue weighted by Gasteiger charge is 2.37. The van der Waals surface area contributed by atoms with Gasteiger partial charge in [0.25, 0.3) is 5.91 Å². The van der Waals surface area contributed by atoms with E-state index in [1.807, 2.05) is 131 Å². The van der Waals surface area contributed by atoms with Gasteiger partial charge in [0.05, 0.1) is 0 Å². The minimum Gasteiger partial charge on any atom is -0.465 e. The van der Waals surface area contributed by atoms with Crippen molar-refractivity contribution < 1.29 is 19.5 Å². The minimum atomic E-state index is -0.895. The fourth-order valence-corrected chi connectivity index (χ4v) is 11.7. The van der Waals surface area contributed by atoms with Crippen molar-refractivity contribution >= 4 is 35.1 Å². The van der Waals surface area contributed by atoms with Gasteiger partial charge in [-0.15, -0.1) is 0 Å². The van der Waals surface area contributed by atoms with E-state index in [1.54, 1.807) is 4.90 Å². The van der Waals surface area contributed by atoms with E-state index in [9.17, 15) is 19.5 Å². The van der Waals surface area contributed by atoms with E-state index in [2.05, 4.69) is 142 Å². The van der Waals surface area contributed by atoms with Crippen molar-refractivity contribution in [2.24, 2.45) is 0 Å². The average molecular weight is 1090 g/mol. The molecule has 11 heteroatoms. The van der Waals surface area contributed by atoms with Crippen LogP contribution >= 0.6 is 0 Å². The quantitative estimate of drug-likeness (QED) is 0.0620. The van der Waals surface area contributed by atoms with Crippen LogP contribution in [0.15, 0.2) is 243 Å². The van der Waals surface area contributed by atoms with Crippen LogP contribution in [0.25, 0.3) is 0 Å². The first-order valence-electron chi connectivity index (χ1n) is 29.3. The lowest BCUT2D eigenvalue weighted by molar-refractivity contribution is 0.0945. The molecule has 2 heterocycles. The summed E-state index contributed by atoms with van der Waals surface area (Å²) in [5.41, 5.74) is 8.47. The van der Waals surface area contributed by atoms with Gasteiger partial charge < -0.3 is 25.5 Å². The lowest BCUT2D eigenvalue weighted by atomic mass is 9.92. The van der Waals surface area contributed by atoms with Crippen molar-refractivity contribution in [3.63, 3.8) is 0 Å². The monoisotopic (exact) mass is 1090 g/mol. The normalized spacial score (nSPS) is 16.8. The number of carbonyl (C=O) groups excluding carboxylic acids is 2. The highest BCUT2D eigenvalue weighted by molar-refractivity contribution is 6.06. The fraction of sp³-hybridized carbons (Fsp3) is 0.282. The van der Waals surface area contributed by atoms with E-state index in [4.69, 9.17) is 0 Å². The largest absolute Gasteiger partial charge is 0.465 e. The number of amides is 4. The van der Waals surface area contributed by atoms with Crippen molar-refractivity contribution in [3.8, 4) is 0 Å². The number of likely N-dealkylation sites (tertiary alicyclic amines) is 1. The van der Waals surface area contributed by atoms with Gasteiger partial charge >= 0.3 is 12.1 Å². The number of hydrogen-bond donors (Lipinski definition) is 3. The molecule has 11 nitrogen and oxygen atoms in total. The van der Waals surface area contributed by atoms with Gasteiger partial charge in [0.2, 0.25) is 0 Å². The van der Waals surface area contributed by atoms with E-state index < -0.39 is 6.09 Å². The first kappa shape index (κ1) is 58.3. The molecule has 0 radical (unpaired) electrons. The van der Waals surface area contributed by atoms with Crippen LogP contribution in [-0.4, -0.2) is 88.2 Å². The minimum absolute atomic E-state index is 0.0874. The Hall–Kier alpha value is -8.35. The lowest BCUT2D eigenvalue weighted by Crippen LogP contribution is -2.54. The lowest BCUT2D eigenvalue weighted by Gasteiger charge is -2.42. The molecule has 8 aromatic rings. The van der Waals surface area contributed by atoms with Crippen molar-refractivity contribution in [3.05, 3.63) is 270 Å². The van der Waals surface area contributed by atoms with Gasteiger partial charge in [-0.1, -0.05) is 194 Å². The summed E-state index contributed by atoms with van der Waals surface area (Å²) in [5, 5.41) is 16.9. The summed E-state index contributed by atoms with van der Waals surface area (Å²) in [7, 11) is 0. The van der Waals surface area contributed by atoms with Crippen LogP contribution in [0.2, 0.25) is 0 Å². The van der Waals surface area contributed by atoms with E-state index in [1.165, 1.54) is 22.3 Å². The zero-order valence-corrected chi connectivity index (χ0v) is 47.1. The van der Waals surface area contributed by atoms with Crippen LogP contribution in [0, 0.1) is 0 Å². The second-order valence-corrected chi connectivity index (χ2v) is 21.7. The van der Waals surface area contributed by atoms with Crippen molar-refractivity contribution in [1.29, 1.82) is 0 Å². The molecule has 2 fully saturated rings. The zero-order valence-electron chi connectivity index (χ0n) is 47.1. The maximum absolute atomic E-state index is 13.7. The molecule has 0 spiro atoms. The van der Waals surface area contributed by atoms with Gasteiger partial charge in [0.1, 0.15) is 0 Å². The summed E-state index contributed by atoms with van der Waals surface area (Å²) in [6.45, 7) is 6.75. The van der Waals surface area contributed by atoms with E-state index in [-0.39, 0.29) is 30.1 Å². The molecule has 2 aliphatic heterocycles. The molecule has 422 valence electrons. The predicted molar refractivity (Wildman–Crippen MR) is 333 cm³/mol. The van der Waals surface area contributed by atoms with Gasteiger partial charge in [0.15, 0.2) is 0 Å². The molecule has 8 aromatic carbocycles. The third-order valence-electron chi connectivity index (χ3n) is 15.7. The molecule has 82 heavy (non-hydrogen) atoms. The third-order valence-corrected chi connectivity index (χ3v) is 15.7. The Kier molecular flexibility index (Phi) is 22.1. The number of benzene rings is 8.